The second kappa shape index (κ2) is 10.5. The Hall–Kier alpha value is -4.72. The third-order valence-corrected chi connectivity index (χ3v) is 6.29. The van der Waals surface area contributed by atoms with Crippen molar-refractivity contribution in [1.82, 2.24) is 20.3 Å². The van der Waals surface area contributed by atoms with E-state index in [9.17, 15) is 9.59 Å². The van der Waals surface area contributed by atoms with Gasteiger partial charge in [0.25, 0.3) is 0 Å². The summed E-state index contributed by atoms with van der Waals surface area (Å²) in [5, 5.41) is 11.4. The Morgan fingerprint density at radius 2 is 1.65 bits per heavy atom. The molecule has 0 fully saturated rings. The predicted octanol–water partition coefficient (Wildman–Crippen LogP) is 4.73. The van der Waals surface area contributed by atoms with Crippen LogP contribution in [0.4, 0.5) is 5.69 Å². The number of hydrogen-bond donors (Lipinski definition) is 1. The van der Waals surface area contributed by atoms with Crippen molar-refractivity contribution in [3.63, 3.8) is 0 Å². The zero-order valence-corrected chi connectivity index (χ0v) is 20.7. The third-order valence-electron chi connectivity index (χ3n) is 6.29. The fourth-order valence-corrected chi connectivity index (χ4v) is 4.56. The highest BCUT2D eigenvalue weighted by molar-refractivity contribution is 6.02. The van der Waals surface area contributed by atoms with E-state index < -0.39 is 6.04 Å². The van der Waals surface area contributed by atoms with E-state index in [0.717, 1.165) is 16.6 Å². The summed E-state index contributed by atoms with van der Waals surface area (Å²) in [6.07, 6.45) is 1.56. The van der Waals surface area contributed by atoms with Gasteiger partial charge in [-0.3, -0.25) is 14.5 Å². The molecule has 8 nitrogen and oxygen atoms in total. The molecule has 0 aliphatic carbocycles. The first-order valence-electron chi connectivity index (χ1n) is 12.0. The summed E-state index contributed by atoms with van der Waals surface area (Å²) in [5.74, 6) is 0.0244. The van der Waals surface area contributed by atoms with Crippen LogP contribution in [0.5, 0.6) is 0 Å². The molecular weight excluding hydrogens is 466 g/mol. The van der Waals surface area contributed by atoms with Crippen molar-refractivity contribution in [2.45, 2.75) is 33.0 Å². The molecule has 2 aromatic heterocycles. The summed E-state index contributed by atoms with van der Waals surface area (Å²) in [5.41, 5.74) is 4.60. The standard InChI is InChI=1S/C29H27N5O3/c1-20-10-8-11-21(2)27(20)34(26(35)19-33-25-16-7-6-15-24(25)31-32-33)28(22-12-4-3-5-13-22)29(36)30-18-23-14-9-17-37-23/h3-17,28H,18-19H2,1-2H3,(H,30,36)/t28-/m1/s1. The number of carbonyl (C=O) groups is 2. The van der Waals surface area contributed by atoms with E-state index in [0.29, 0.717) is 22.5 Å². The highest BCUT2D eigenvalue weighted by atomic mass is 16.3. The maximum absolute atomic E-state index is 14.2. The monoisotopic (exact) mass is 493 g/mol. The van der Waals surface area contributed by atoms with E-state index in [1.165, 1.54) is 0 Å². The van der Waals surface area contributed by atoms with Crippen LogP contribution in [0.1, 0.15) is 28.5 Å². The van der Waals surface area contributed by atoms with Crippen LogP contribution >= 0.6 is 0 Å². The van der Waals surface area contributed by atoms with Crippen molar-refractivity contribution in [3.05, 3.63) is 114 Å². The lowest BCUT2D eigenvalue weighted by atomic mass is 9.99. The molecule has 0 radical (unpaired) electrons. The molecule has 0 spiro atoms. The lowest BCUT2D eigenvalue weighted by Crippen LogP contribution is -2.45. The zero-order chi connectivity index (χ0) is 25.8. The maximum Gasteiger partial charge on any atom is 0.249 e. The van der Waals surface area contributed by atoms with Gasteiger partial charge in [0.15, 0.2) is 0 Å². The van der Waals surface area contributed by atoms with Crippen LogP contribution in [-0.4, -0.2) is 26.8 Å². The number of aromatic nitrogens is 3. The van der Waals surface area contributed by atoms with Crippen LogP contribution < -0.4 is 10.2 Å². The molecule has 1 N–H and O–H groups in total. The van der Waals surface area contributed by atoms with E-state index in [4.69, 9.17) is 4.42 Å². The SMILES string of the molecule is Cc1cccc(C)c1N(C(=O)Cn1nnc2ccccc21)[C@@H](C(=O)NCc1ccco1)c1ccccc1. The summed E-state index contributed by atoms with van der Waals surface area (Å²) in [6, 6.07) is 25.3. The second-order valence-corrected chi connectivity index (χ2v) is 8.85. The van der Waals surface area contributed by atoms with Crippen molar-refractivity contribution in [3.8, 4) is 0 Å². The number of amides is 2. The van der Waals surface area contributed by atoms with Gasteiger partial charge in [-0.15, -0.1) is 5.10 Å². The minimum Gasteiger partial charge on any atom is -0.467 e. The lowest BCUT2D eigenvalue weighted by molar-refractivity contribution is -0.127. The van der Waals surface area contributed by atoms with Gasteiger partial charge in [0.2, 0.25) is 11.8 Å². The predicted molar refractivity (Wildman–Crippen MR) is 141 cm³/mol. The number of anilines is 1. The highest BCUT2D eigenvalue weighted by Crippen LogP contribution is 2.33. The molecule has 2 amide bonds. The largest absolute Gasteiger partial charge is 0.467 e. The van der Waals surface area contributed by atoms with Gasteiger partial charge in [-0.1, -0.05) is 65.9 Å². The van der Waals surface area contributed by atoms with Crippen LogP contribution in [0.3, 0.4) is 0 Å². The number of benzene rings is 3. The molecule has 0 saturated carbocycles. The Labute approximate surface area is 214 Å². The molecule has 0 aliphatic heterocycles. The number of para-hydroxylation sites is 2. The van der Waals surface area contributed by atoms with Gasteiger partial charge in [-0.2, -0.15) is 0 Å². The van der Waals surface area contributed by atoms with Crippen LogP contribution in [0.2, 0.25) is 0 Å². The second-order valence-electron chi connectivity index (χ2n) is 8.85. The van der Waals surface area contributed by atoms with Gasteiger partial charge in [-0.25, -0.2) is 4.68 Å². The van der Waals surface area contributed by atoms with E-state index >= 15 is 0 Å². The smallest absolute Gasteiger partial charge is 0.249 e. The molecule has 3 aromatic carbocycles. The summed E-state index contributed by atoms with van der Waals surface area (Å²) < 4.78 is 6.97. The zero-order valence-electron chi connectivity index (χ0n) is 20.7. The van der Waals surface area contributed by atoms with Crippen molar-refractivity contribution in [2.24, 2.45) is 0 Å². The van der Waals surface area contributed by atoms with E-state index in [-0.39, 0.29) is 24.9 Å². The van der Waals surface area contributed by atoms with Crippen LogP contribution in [0.25, 0.3) is 11.0 Å². The number of hydrogen-bond acceptors (Lipinski definition) is 5. The maximum atomic E-state index is 14.2. The number of aryl methyl sites for hydroxylation is 2. The minimum absolute atomic E-state index is 0.0803. The Balaban J connectivity index is 1.59. The number of fused-ring (bicyclic) bond motifs is 1. The Kier molecular flexibility index (Phi) is 6.81. The van der Waals surface area contributed by atoms with Crippen LogP contribution in [0, 0.1) is 13.8 Å². The van der Waals surface area contributed by atoms with Crippen LogP contribution in [0.15, 0.2) is 95.6 Å². The molecule has 8 heteroatoms. The van der Waals surface area contributed by atoms with Crippen molar-refractivity contribution >= 4 is 28.5 Å². The van der Waals surface area contributed by atoms with Gasteiger partial charge in [0.1, 0.15) is 23.9 Å². The molecule has 1 atom stereocenters. The average Bonchev–Trinajstić information content (AvgIpc) is 3.57. The summed E-state index contributed by atoms with van der Waals surface area (Å²) in [4.78, 5) is 29.6. The Bertz CT molecular complexity index is 1510. The molecule has 0 aliphatic rings. The molecular formula is C29H27N5O3. The van der Waals surface area contributed by atoms with Crippen molar-refractivity contribution < 1.29 is 14.0 Å². The Morgan fingerprint density at radius 1 is 0.919 bits per heavy atom. The number of nitrogens with zero attached hydrogens (tertiary/aromatic N) is 4. The first-order chi connectivity index (χ1) is 18.0. The fraction of sp³-hybridized carbons (Fsp3) is 0.172. The number of carbonyl (C=O) groups excluding carboxylic acids is 2. The molecule has 0 unspecified atom stereocenters. The van der Waals surface area contributed by atoms with Gasteiger partial charge < -0.3 is 9.73 Å². The van der Waals surface area contributed by atoms with Gasteiger partial charge >= 0.3 is 0 Å². The van der Waals surface area contributed by atoms with Gasteiger partial charge in [-0.05, 0) is 54.8 Å². The van der Waals surface area contributed by atoms with E-state index in [2.05, 4.69) is 15.6 Å². The minimum atomic E-state index is -0.918. The van der Waals surface area contributed by atoms with Crippen molar-refractivity contribution in [2.75, 3.05) is 4.90 Å². The highest BCUT2D eigenvalue weighted by Gasteiger charge is 2.34. The average molecular weight is 494 g/mol. The summed E-state index contributed by atoms with van der Waals surface area (Å²) in [6.45, 7) is 4.01. The fourth-order valence-electron chi connectivity index (χ4n) is 4.56. The molecule has 5 rings (SSSR count). The van der Waals surface area contributed by atoms with Gasteiger partial charge in [0, 0.05) is 0 Å². The first-order valence-corrected chi connectivity index (χ1v) is 12.0. The molecule has 186 valence electrons. The van der Waals surface area contributed by atoms with Crippen molar-refractivity contribution in [1.29, 1.82) is 0 Å². The molecule has 5 aromatic rings. The Morgan fingerprint density at radius 3 is 2.38 bits per heavy atom. The first kappa shape index (κ1) is 24.0. The van der Waals surface area contributed by atoms with Crippen LogP contribution in [-0.2, 0) is 22.7 Å². The third kappa shape index (κ3) is 4.99. The van der Waals surface area contributed by atoms with E-state index in [1.54, 1.807) is 28.0 Å². The molecule has 2 heterocycles. The number of nitrogens with one attached hydrogen (secondary N) is 1. The summed E-state index contributed by atoms with van der Waals surface area (Å²) in [7, 11) is 0. The quantitative estimate of drug-likeness (QED) is 0.337. The number of furan rings is 1. The lowest BCUT2D eigenvalue weighted by Gasteiger charge is -2.33. The number of rotatable bonds is 8. The molecule has 37 heavy (non-hydrogen) atoms. The topological polar surface area (TPSA) is 93.3 Å². The normalized spacial score (nSPS) is 11.8. The molecule has 0 saturated heterocycles. The van der Waals surface area contributed by atoms with E-state index in [1.807, 2.05) is 86.6 Å². The molecule has 0 bridgehead atoms. The van der Waals surface area contributed by atoms with Gasteiger partial charge in [0.05, 0.1) is 24.0 Å². The summed E-state index contributed by atoms with van der Waals surface area (Å²) >= 11 is 0.